The number of amides is 1. The summed E-state index contributed by atoms with van der Waals surface area (Å²) in [6.45, 7) is 9.35. The van der Waals surface area contributed by atoms with Crippen LogP contribution in [0.4, 0.5) is 0 Å². The van der Waals surface area contributed by atoms with E-state index in [-0.39, 0.29) is 17.2 Å². The maximum absolute atomic E-state index is 12.6. The van der Waals surface area contributed by atoms with Crippen molar-refractivity contribution in [3.63, 3.8) is 0 Å². The molecule has 10 heteroatoms. The van der Waals surface area contributed by atoms with Crippen molar-refractivity contribution in [2.24, 2.45) is 20.8 Å². The van der Waals surface area contributed by atoms with Gasteiger partial charge in [-0.25, -0.2) is 9.98 Å². The number of nitriles is 1. The van der Waals surface area contributed by atoms with Crippen molar-refractivity contribution in [2.45, 2.75) is 33.2 Å². The highest BCUT2D eigenvalue weighted by molar-refractivity contribution is 6.66. The quantitative estimate of drug-likeness (QED) is 0.227. The standard InChI is InChI=1S/C20H25ClN8O/c1-5-15(21)16(6-2)29-26-12-25-19(23)18(24-7-3)20(30)27-13(4)17-10-8-9-14(11-22)28-17/h5,8-10,12-13,29H,1,6-7H2,2-4H3,(H,27,30)(H2,23,25,26)/b16-15-,24-18+. The Bertz CT molecular complexity index is 927. The van der Waals surface area contributed by atoms with Crippen LogP contribution in [0.1, 0.15) is 44.6 Å². The van der Waals surface area contributed by atoms with E-state index in [0.29, 0.717) is 29.4 Å². The average molecular weight is 429 g/mol. The first-order valence-corrected chi connectivity index (χ1v) is 9.60. The van der Waals surface area contributed by atoms with Crippen LogP contribution in [0.5, 0.6) is 0 Å². The van der Waals surface area contributed by atoms with Crippen molar-refractivity contribution in [3.05, 3.63) is 53.0 Å². The van der Waals surface area contributed by atoms with E-state index < -0.39 is 11.9 Å². The van der Waals surface area contributed by atoms with E-state index >= 15 is 0 Å². The van der Waals surface area contributed by atoms with Gasteiger partial charge in [-0.05, 0) is 38.5 Å². The topological polar surface area (TPSA) is 141 Å². The number of nitrogens with one attached hydrogen (secondary N) is 2. The first-order chi connectivity index (χ1) is 14.4. The molecule has 1 unspecified atom stereocenters. The zero-order chi connectivity index (χ0) is 22.5. The first kappa shape index (κ1) is 24.5. The van der Waals surface area contributed by atoms with E-state index in [9.17, 15) is 4.79 Å². The lowest BCUT2D eigenvalue weighted by molar-refractivity contribution is -0.115. The van der Waals surface area contributed by atoms with Crippen LogP contribution in [0, 0.1) is 11.3 Å². The normalized spacial score (nSPS) is 14.0. The van der Waals surface area contributed by atoms with Gasteiger partial charge in [0, 0.05) is 6.54 Å². The van der Waals surface area contributed by atoms with Crippen LogP contribution in [0.2, 0.25) is 0 Å². The zero-order valence-electron chi connectivity index (χ0n) is 17.2. The summed E-state index contributed by atoms with van der Waals surface area (Å²) in [5.74, 6) is -0.609. The summed E-state index contributed by atoms with van der Waals surface area (Å²) in [6.07, 6.45) is 3.28. The summed E-state index contributed by atoms with van der Waals surface area (Å²) in [7, 11) is 0. The van der Waals surface area contributed by atoms with Crippen molar-refractivity contribution < 1.29 is 4.79 Å². The highest BCUT2D eigenvalue weighted by Gasteiger charge is 2.19. The minimum absolute atomic E-state index is 0.0254. The van der Waals surface area contributed by atoms with Gasteiger partial charge in [0.2, 0.25) is 0 Å². The first-order valence-electron chi connectivity index (χ1n) is 9.22. The molecule has 1 heterocycles. The molecule has 9 nitrogen and oxygen atoms in total. The SMILES string of the molecule is C=C/C(Cl)=C(\CC)N\N=C/N=C(N)\C(=N/CC)C(=O)NC(C)c1cccc(C#N)n1. The molecule has 1 aromatic heterocycles. The Kier molecular flexibility index (Phi) is 10.5. The third kappa shape index (κ3) is 7.48. The van der Waals surface area contributed by atoms with E-state index in [4.69, 9.17) is 22.6 Å². The Labute approximate surface area is 181 Å². The van der Waals surface area contributed by atoms with Crippen molar-refractivity contribution in [2.75, 3.05) is 6.54 Å². The molecular formula is C20H25ClN8O. The molecule has 0 aliphatic carbocycles. The van der Waals surface area contributed by atoms with Crippen LogP contribution in [0.15, 0.2) is 56.7 Å². The molecular weight excluding hydrogens is 404 g/mol. The van der Waals surface area contributed by atoms with Gasteiger partial charge in [-0.3, -0.25) is 15.2 Å². The maximum atomic E-state index is 12.6. The average Bonchev–Trinajstić information content (AvgIpc) is 2.76. The molecule has 158 valence electrons. The van der Waals surface area contributed by atoms with E-state index in [1.165, 1.54) is 6.08 Å². The number of nitrogens with two attached hydrogens (primary N) is 1. The summed E-state index contributed by atoms with van der Waals surface area (Å²) in [6, 6.07) is 6.49. The number of allylic oxidation sites excluding steroid dienone is 3. The molecule has 0 aromatic carbocycles. The van der Waals surface area contributed by atoms with Crippen LogP contribution in [0.25, 0.3) is 0 Å². The second kappa shape index (κ2) is 12.9. The lowest BCUT2D eigenvalue weighted by Gasteiger charge is -2.14. The highest BCUT2D eigenvalue weighted by atomic mass is 35.5. The number of carbonyl (C=O) groups excluding carboxylic acids is 1. The van der Waals surface area contributed by atoms with Crippen LogP contribution in [-0.4, -0.2) is 35.3 Å². The molecule has 1 amide bonds. The van der Waals surface area contributed by atoms with Crippen LogP contribution >= 0.6 is 11.6 Å². The minimum Gasteiger partial charge on any atom is -0.382 e. The Morgan fingerprint density at radius 2 is 2.20 bits per heavy atom. The van der Waals surface area contributed by atoms with E-state index in [0.717, 1.165) is 6.34 Å². The van der Waals surface area contributed by atoms with Crippen LogP contribution in [0.3, 0.4) is 0 Å². The molecule has 0 fully saturated rings. The van der Waals surface area contributed by atoms with Gasteiger partial charge in [0.25, 0.3) is 5.91 Å². The predicted molar refractivity (Wildman–Crippen MR) is 120 cm³/mol. The molecule has 0 bridgehead atoms. The lowest BCUT2D eigenvalue weighted by atomic mass is 10.2. The molecule has 0 radical (unpaired) electrons. The van der Waals surface area contributed by atoms with Gasteiger partial charge >= 0.3 is 0 Å². The van der Waals surface area contributed by atoms with Gasteiger partial charge in [-0.15, -0.1) is 0 Å². The van der Waals surface area contributed by atoms with Gasteiger partial charge in [-0.1, -0.05) is 31.2 Å². The number of rotatable bonds is 10. The largest absolute Gasteiger partial charge is 0.382 e. The van der Waals surface area contributed by atoms with Crippen LogP contribution in [-0.2, 0) is 4.79 Å². The molecule has 1 aromatic rings. The van der Waals surface area contributed by atoms with Crippen LogP contribution < -0.4 is 16.5 Å². The Morgan fingerprint density at radius 3 is 2.80 bits per heavy atom. The third-order valence-electron chi connectivity index (χ3n) is 3.73. The zero-order valence-corrected chi connectivity index (χ0v) is 17.9. The van der Waals surface area contributed by atoms with Gasteiger partial charge in [0.05, 0.1) is 22.5 Å². The third-order valence-corrected chi connectivity index (χ3v) is 4.11. The van der Waals surface area contributed by atoms with E-state index in [1.54, 1.807) is 32.0 Å². The second-order valence-electron chi connectivity index (χ2n) is 5.83. The lowest BCUT2D eigenvalue weighted by Crippen LogP contribution is -2.41. The minimum atomic E-state index is -0.514. The van der Waals surface area contributed by atoms with Gasteiger partial charge in [0.15, 0.2) is 11.5 Å². The molecule has 0 aliphatic rings. The summed E-state index contributed by atoms with van der Waals surface area (Å²) in [4.78, 5) is 24.9. The fourth-order valence-corrected chi connectivity index (χ4v) is 2.38. The number of aliphatic imine (C=N–C) groups is 2. The monoisotopic (exact) mass is 428 g/mol. The Hall–Kier alpha value is -3.51. The molecule has 0 saturated carbocycles. The van der Waals surface area contributed by atoms with Crippen molar-refractivity contribution in [1.29, 1.82) is 5.26 Å². The Morgan fingerprint density at radius 1 is 1.47 bits per heavy atom. The highest BCUT2D eigenvalue weighted by Crippen LogP contribution is 2.11. The number of hydrazone groups is 1. The maximum Gasteiger partial charge on any atom is 0.273 e. The number of amidine groups is 1. The number of pyridine rings is 1. The summed E-state index contributed by atoms with van der Waals surface area (Å²) in [5, 5.41) is 16.1. The van der Waals surface area contributed by atoms with Gasteiger partial charge in [-0.2, -0.15) is 10.4 Å². The van der Waals surface area contributed by atoms with Crippen molar-refractivity contribution >= 4 is 35.4 Å². The predicted octanol–water partition coefficient (Wildman–Crippen LogP) is 2.53. The molecule has 4 N–H and O–H groups in total. The molecule has 1 atom stereocenters. The van der Waals surface area contributed by atoms with Crippen molar-refractivity contribution in [1.82, 2.24) is 15.7 Å². The number of halogens is 1. The molecule has 0 saturated heterocycles. The molecule has 0 spiro atoms. The number of nitrogens with zero attached hydrogens (tertiary/aromatic N) is 5. The van der Waals surface area contributed by atoms with Gasteiger partial charge in [0.1, 0.15) is 18.1 Å². The fourth-order valence-electron chi connectivity index (χ4n) is 2.20. The smallest absolute Gasteiger partial charge is 0.273 e. The summed E-state index contributed by atoms with van der Waals surface area (Å²) in [5.41, 5.74) is 10.1. The van der Waals surface area contributed by atoms with E-state index in [1.807, 2.05) is 13.0 Å². The van der Waals surface area contributed by atoms with E-state index in [2.05, 4.69) is 37.4 Å². The number of carbonyl (C=O) groups is 1. The number of aromatic nitrogens is 1. The summed E-state index contributed by atoms with van der Waals surface area (Å²) < 4.78 is 0. The van der Waals surface area contributed by atoms with Crippen molar-refractivity contribution in [3.8, 4) is 6.07 Å². The fraction of sp³-hybridized carbons (Fsp3) is 0.300. The molecule has 30 heavy (non-hydrogen) atoms. The summed E-state index contributed by atoms with van der Waals surface area (Å²) >= 11 is 5.99. The number of hydrogen-bond acceptors (Lipinski definition) is 6. The second-order valence-corrected chi connectivity index (χ2v) is 6.24. The number of hydrogen-bond donors (Lipinski definition) is 3. The molecule has 0 aliphatic heterocycles. The molecule has 1 rings (SSSR count). The van der Waals surface area contributed by atoms with Gasteiger partial charge < -0.3 is 11.1 Å². The Balaban J connectivity index is 2.91.